The van der Waals surface area contributed by atoms with E-state index >= 15 is 0 Å². The molecule has 0 unspecified atom stereocenters. The molecular weight excluding hydrogens is 817 g/mol. The topological polar surface area (TPSA) is 129 Å². The zero-order valence-corrected chi connectivity index (χ0v) is 33.8. The Labute approximate surface area is 339 Å². The molecule has 54 heavy (non-hydrogen) atoms. The summed E-state index contributed by atoms with van der Waals surface area (Å²) in [6.45, 7) is 13.4. The Morgan fingerprint density at radius 3 is 1.50 bits per heavy atom. The summed E-state index contributed by atoms with van der Waals surface area (Å²) < 4.78 is 16.1. The smallest absolute Gasteiger partial charge is 1.00 e. The number of fused-ring (bicyclic) bond motifs is 1. The van der Waals surface area contributed by atoms with Gasteiger partial charge >= 0.3 is 19.5 Å². The molecule has 0 atom stereocenters. The van der Waals surface area contributed by atoms with Gasteiger partial charge in [0.2, 0.25) is 0 Å². The van der Waals surface area contributed by atoms with Crippen LogP contribution in [0, 0.1) is 33.5 Å². The number of carbonyl (C=O) groups is 1. The van der Waals surface area contributed by atoms with Gasteiger partial charge < -0.3 is 49.5 Å². The number of hydrogen-bond donors (Lipinski definition) is 1. The summed E-state index contributed by atoms with van der Waals surface area (Å²) in [6.07, 6.45) is 8.52. The first-order chi connectivity index (χ1) is 24.5. The van der Waals surface area contributed by atoms with Crippen molar-refractivity contribution < 1.29 is 58.6 Å². The van der Waals surface area contributed by atoms with E-state index < -0.39 is 22.8 Å². The molecular formula is C40H41Cl2FN7O3Ru. The number of aromatic nitrogens is 5. The van der Waals surface area contributed by atoms with Crippen LogP contribution in [-0.2, 0) is 26.0 Å². The number of halogens is 3. The van der Waals surface area contributed by atoms with E-state index in [-0.39, 0.29) is 49.7 Å². The van der Waals surface area contributed by atoms with Gasteiger partial charge in [-0.05, 0) is 118 Å². The molecule has 283 valence electrons. The Balaban J connectivity index is 0.000000285. The summed E-state index contributed by atoms with van der Waals surface area (Å²) in [4.78, 5) is 42.4. The van der Waals surface area contributed by atoms with Crippen molar-refractivity contribution in [2.45, 2.75) is 41.2 Å². The summed E-state index contributed by atoms with van der Waals surface area (Å²) in [7, 11) is 0. The number of carbonyl (C=O) groups excluding carboxylic acids is 1. The molecule has 1 saturated heterocycles. The largest absolute Gasteiger partial charge is 3.00 e. The number of carboxylic acids is 1. The van der Waals surface area contributed by atoms with E-state index in [1.165, 1.54) is 28.5 Å². The maximum atomic E-state index is 14.5. The molecule has 0 amide bonds. The van der Waals surface area contributed by atoms with Crippen LogP contribution in [0.1, 0.15) is 39.5 Å². The summed E-state index contributed by atoms with van der Waals surface area (Å²) in [5.74, 6) is -2.07. The molecule has 6 aromatic rings. The van der Waals surface area contributed by atoms with Gasteiger partial charge in [0, 0.05) is 69.1 Å². The minimum atomic E-state index is -1.55. The molecule has 1 N–H and O–H groups in total. The Bertz CT molecular complexity index is 2060. The molecule has 1 fully saturated rings. The fourth-order valence-electron chi connectivity index (χ4n) is 5.66. The molecule has 1 radical (unpaired) electrons. The molecule has 1 aromatic carbocycles. The summed E-state index contributed by atoms with van der Waals surface area (Å²) >= 11 is 0. The number of aromatic carboxylic acids is 1. The molecule has 7 rings (SSSR count). The average molecular weight is 859 g/mol. The van der Waals surface area contributed by atoms with E-state index in [4.69, 9.17) is 0 Å². The fraction of sp³-hybridized carbons (Fsp3) is 0.250. The van der Waals surface area contributed by atoms with Crippen molar-refractivity contribution in [2.24, 2.45) is 0 Å². The molecule has 6 heterocycles. The van der Waals surface area contributed by atoms with Crippen LogP contribution in [0.5, 0.6) is 0 Å². The van der Waals surface area contributed by atoms with Crippen molar-refractivity contribution in [3.05, 3.63) is 136 Å². The molecule has 14 heteroatoms. The predicted molar refractivity (Wildman–Crippen MR) is 197 cm³/mol. The van der Waals surface area contributed by atoms with Crippen LogP contribution in [0.4, 0.5) is 10.1 Å². The molecule has 1 aliphatic heterocycles. The normalized spacial score (nSPS) is 11.7. The molecule has 0 aliphatic carbocycles. The first kappa shape index (κ1) is 45.6. The first-order valence-electron chi connectivity index (χ1n) is 16.8. The zero-order valence-electron chi connectivity index (χ0n) is 30.6. The molecule has 0 saturated carbocycles. The number of hydrogen-bond acceptors (Lipinski definition) is 9. The Kier molecular flexibility index (Phi) is 18.0. The molecule has 5 aromatic heterocycles. The van der Waals surface area contributed by atoms with Crippen molar-refractivity contribution in [3.8, 4) is 22.8 Å². The summed E-state index contributed by atoms with van der Waals surface area (Å²) in [6, 6.07) is 18.9. The van der Waals surface area contributed by atoms with Crippen LogP contribution in [0.3, 0.4) is 0 Å². The maximum Gasteiger partial charge on any atom is 3.00 e. The van der Waals surface area contributed by atoms with Crippen molar-refractivity contribution in [1.82, 2.24) is 29.8 Å². The second kappa shape index (κ2) is 21.3. The predicted octanol–water partition coefficient (Wildman–Crippen LogP) is -0.540. The third-order valence-corrected chi connectivity index (χ3v) is 8.35. The van der Waals surface area contributed by atoms with Crippen LogP contribution in [0.25, 0.3) is 33.7 Å². The van der Waals surface area contributed by atoms with Gasteiger partial charge in [0.1, 0.15) is 5.82 Å². The first-order valence-corrected chi connectivity index (χ1v) is 16.8. The number of anilines is 1. The van der Waals surface area contributed by atoms with Gasteiger partial charge in [0.25, 0.3) is 0 Å². The van der Waals surface area contributed by atoms with Gasteiger partial charge in [0.15, 0.2) is 5.43 Å². The van der Waals surface area contributed by atoms with Gasteiger partial charge in [-0.25, -0.2) is 4.39 Å². The van der Waals surface area contributed by atoms with Crippen LogP contribution in [0.2, 0.25) is 0 Å². The van der Waals surface area contributed by atoms with Gasteiger partial charge in [-0.2, -0.15) is 0 Å². The van der Waals surface area contributed by atoms with Gasteiger partial charge in [-0.3, -0.25) is 24.7 Å². The van der Waals surface area contributed by atoms with E-state index in [2.05, 4.69) is 52.9 Å². The standard InChI is InChI=1S/C16H18FN3O3.2C12H12N2.2ClH.Ru/c1-2-19-9-11(16(22)23)15(21)10-7-12(17)14(8-13(10)19)20-5-3-18-4-6-20;2*1-9-3-5-13-11(7-9)12-8-10(2)4-6-14-12;;;/h7-9,18H,2-6H2,1H3,(H,22,23);2*3-8H,1-2H3;2*1H;/q;;;;;+3/p-3. The monoisotopic (exact) mass is 858 g/mol. The van der Waals surface area contributed by atoms with Crippen molar-refractivity contribution >= 4 is 22.6 Å². The van der Waals surface area contributed by atoms with Crippen LogP contribution in [0.15, 0.2) is 96.4 Å². The second-order valence-electron chi connectivity index (χ2n) is 12.4. The van der Waals surface area contributed by atoms with Gasteiger partial charge in [0.05, 0.1) is 45.5 Å². The van der Waals surface area contributed by atoms with E-state index in [0.29, 0.717) is 30.8 Å². The quantitative estimate of drug-likeness (QED) is 0.228. The summed E-state index contributed by atoms with van der Waals surface area (Å²) in [5, 5.41) is 14.4. The third kappa shape index (κ3) is 11.7. The number of rotatable bonds is 5. The number of aryl methyl sites for hydroxylation is 5. The Hall–Kier alpha value is -4.61. The van der Waals surface area contributed by atoms with Gasteiger partial charge in [-0.15, -0.1) is 0 Å². The number of piperazine rings is 1. The average Bonchev–Trinajstić information content (AvgIpc) is 3.12. The number of pyridine rings is 5. The maximum absolute atomic E-state index is 14.5. The molecule has 0 spiro atoms. The summed E-state index contributed by atoms with van der Waals surface area (Å²) in [5.41, 5.74) is 8.38. The number of nitrogens with zero attached hydrogens (tertiary/aromatic N) is 6. The van der Waals surface area contributed by atoms with Gasteiger partial charge in [-0.1, -0.05) is 0 Å². The van der Waals surface area contributed by atoms with E-state index in [1.807, 2.05) is 85.1 Å². The number of benzene rings is 1. The third-order valence-electron chi connectivity index (χ3n) is 8.35. The fourth-order valence-corrected chi connectivity index (χ4v) is 5.66. The number of nitrogens with one attached hydrogen (secondary N) is 1. The zero-order chi connectivity index (χ0) is 36.5. The van der Waals surface area contributed by atoms with E-state index in [1.54, 1.807) is 10.6 Å². The minimum Gasteiger partial charge on any atom is -1.00 e. The Morgan fingerprint density at radius 1 is 0.741 bits per heavy atom. The van der Waals surface area contributed by atoms with Crippen molar-refractivity contribution in [2.75, 3.05) is 31.1 Å². The minimum absolute atomic E-state index is 0. The van der Waals surface area contributed by atoms with Crippen LogP contribution in [-0.4, -0.2) is 56.7 Å². The molecule has 1 aliphatic rings. The van der Waals surface area contributed by atoms with E-state index in [0.717, 1.165) is 41.9 Å². The van der Waals surface area contributed by atoms with Crippen LogP contribution >= 0.6 is 0 Å². The Morgan fingerprint density at radius 2 is 1.15 bits per heavy atom. The van der Waals surface area contributed by atoms with Crippen LogP contribution < -0.4 is 45.6 Å². The van der Waals surface area contributed by atoms with Crippen molar-refractivity contribution in [1.29, 1.82) is 0 Å². The molecule has 10 nitrogen and oxygen atoms in total. The van der Waals surface area contributed by atoms with Crippen molar-refractivity contribution in [3.63, 3.8) is 0 Å². The second-order valence-corrected chi connectivity index (χ2v) is 12.4. The molecule has 0 bridgehead atoms. The van der Waals surface area contributed by atoms with E-state index in [9.17, 15) is 19.1 Å². The number of carboxylic acid groups (broad SMARTS) is 1. The SMILES string of the molecule is CCn1cc(C(=O)[O-])c(=O)c2cc(F)c(N3CCNCC3)cc21.Cc1ccnc(-c2cc(C)ccn2)c1.Cc1ccnc(-c2cc(C)ccn2)c1.[Cl-].[Cl-].[Ru+3].